The van der Waals surface area contributed by atoms with E-state index in [9.17, 15) is 9.59 Å². The number of hydrogen-bond acceptors (Lipinski definition) is 2. The molecule has 0 radical (unpaired) electrons. The van der Waals surface area contributed by atoms with Gasteiger partial charge in [0.2, 0.25) is 11.8 Å². The van der Waals surface area contributed by atoms with Gasteiger partial charge in [-0.3, -0.25) is 9.59 Å². The molecule has 0 saturated heterocycles. The molecule has 0 spiro atoms. The molecule has 0 heterocycles. The molecule has 0 aliphatic rings. The van der Waals surface area contributed by atoms with Crippen LogP contribution in [0.25, 0.3) is 0 Å². The minimum Gasteiger partial charge on any atom is -0.352 e. The fourth-order valence-corrected chi connectivity index (χ4v) is 3.62. The fourth-order valence-electron chi connectivity index (χ4n) is 3.62. The van der Waals surface area contributed by atoms with Gasteiger partial charge < -0.3 is 10.2 Å². The highest BCUT2D eigenvalue weighted by atomic mass is 16.2. The van der Waals surface area contributed by atoms with Gasteiger partial charge in [0.15, 0.2) is 0 Å². The summed E-state index contributed by atoms with van der Waals surface area (Å²) in [6, 6.07) is 13.9. The lowest BCUT2D eigenvalue weighted by Crippen LogP contribution is -2.51. The molecule has 2 amide bonds. The van der Waals surface area contributed by atoms with Crippen LogP contribution >= 0.6 is 0 Å². The number of rotatable bonds is 9. The zero-order valence-electron chi connectivity index (χ0n) is 19.3. The SMILES string of the molecule is CC[C@H](C)NC(=O)[C@H](CC)N(Cc1cccc(C)c1)C(=O)Cc1cc(C)ccc1C. The quantitative estimate of drug-likeness (QED) is 0.643. The van der Waals surface area contributed by atoms with Crippen LogP contribution in [-0.4, -0.2) is 28.8 Å². The minimum absolute atomic E-state index is 0.0173. The molecule has 0 aromatic heterocycles. The van der Waals surface area contributed by atoms with Gasteiger partial charge in [0.1, 0.15) is 6.04 Å². The number of amides is 2. The van der Waals surface area contributed by atoms with Crippen LogP contribution in [0.3, 0.4) is 0 Å². The van der Waals surface area contributed by atoms with E-state index in [1.807, 2.05) is 59.7 Å². The van der Waals surface area contributed by atoms with E-state index in [2.05, 4.69) is 29.6 Å². The summed E-state index contributed by atoms with van der Waals surface area (Å²) in [6.07, 6.45) is 1.73. The van der Waals surface area contributed by atoms with Crippen LogP contribution in [0.5, 0.6) is 0 Å². The highest BCUT2D eigenvalue weighted by molar-refractivity contribution is 5.88. The molecule has 0 aliphatic heterocycles. The van der Waals surface area contributed by atoms with Crippen molar-refractivity contribution in [2.45, 2.75) is 79.4 Å². The van der Waals surface area contributed by atoms with Crippen molar-refractivity contribution in [2.75, 3.05) is 0 Å². The second kappa shape index (κ2) is 11.0. The fraction of sp³-hybridized carbons (Fsp3) is 0.462. The van der Waals surface area contributed by atoms with Gasteiger partial charge in [0, 0.05) is 12.6 Å². The first-order chi connectivity index (χ1) is 14.2. The van der Waals surface area contributed by atoms with E-state index in [0.29, 0.717) is 19.4 Å². The van der Waals surface area contributed by atoms with Crippen molar-refractivity contribution in [2.24, 2.45) is 0 Å². The normalized spacial score (nSPS) is 12.9. The maximum Gasteiger partial charge on any atom is 0.243 e. The van der Waals surface area contributed by atoms with Crippen molar-refractivity contribution in [3.05, 3.63) is 70.3 Å². The van der Waals surface area contributed by atoms with Gasteiger partial charge in [-0.2, -0.15) is 0 Å². The molecule has 162 valence electrons. The molecular weight excluding hydrogens is 372 g/mol. The Labute approximate surface area is 181 Å². The van der Waals surface area contributed by atoms with Crippen LogP contribution in [0, 0.1) is 20.8 Å². The zero-order valence-corrected chi connectivity index (χ0v) is 19.3. The summed E-state index contributed by atoms with van der Waals surface area (Å²) in [4.78, 5) is 28.2. The molecule has 4 heteroatoms. The maximum absolute atomic E-state index is 13.5. The van der Waals surface area contributed by atoms with E-state index in [0.717, 1.165) is 34.2 Å². The van der Waals surface area contributed by atoms with Crippen molar-refractivity contribution in [1.29, 1.82) is 0 Å². The first-order valence-electron chi connectivity index (χ1n) is 11.0. The lowest BCUT2D eigenvalue weighted by Gasteiger charge is -2.32. The summed E-state index contributed by atoms with van der Waals surface area (Å²) in [7, 11) is 0. The predicted octanol–water partition coefficient (Wildman–Crippen LogP) is 4.88. The molecule has 0 fully saturated rings. The number of benzene rings is 2. The van der Waals surface area contributed by atoms with Gasteiger partial charge in [0.25, 0.3) is 0 Å². The number of hydrogen-bond donors (Lipinski definition) is 1. The average molecular weight is 409 g/mol. The van der Waals surface area contributed by atoms with E-state index in [-0.39, 0.29) is 17.9 Å². The Morgan fingerprint density at radius 1 is 0.967 bits per heavy atom. The van der Waals surface area contributed by atoms with Gasteiger partial charge >= 0.3 is 0 Å². The van der Waals surface area contributed by atoms with Crippen molar-refractivity contribution in [3.63, 3.8) is 0 Å². The Balaban J connectivity index is 2.34. The molecule has 0 saturated carbocycles. The maximum atomic E-state index is 13.5. The van der Waals surface area contributed by atoms with Gasteiger partial charge in [-0.05, 0) is 57.2 Å². The molecule has 4 nitrogen and oxygen atoms in total. The topological polar surface area (TPSA) is 49.4 Å². The van der Waals surface area contributed by atoms with Gasteiger partial charge in [-0.15, -0.1) is 0 Å². The molecule has 2 atom stereocenters. The number of nitrogens with zero attached hydrogens (tertiary/aromatic N) is 1. The Hall–Kier alpha value is -2.62. The summed E-state index contributed by atoms with van der Waals surface area (Å²) in [5.41, 5.74) is 5.44. The lowest BCUT2D eigenvalue weighted by molar-refractivity contribution is -0.141. The van der Waals surface area contributed by atoms with Crippen LogP contribution in [0.2, 0.25) is 0 Å². The van der Waals surface area contributed by atoms with E-state index >= 15 is 0 Å². The van der Waals surface area contributed by atoms with Gasteiger partial charge in [-0.25, -0.2) is 0 Å². The molecule has 2 rings (SSSR count). The molecule has 2 aromatic rings. The Morgan fingerprint density at radius 3 is 2.30 bits per heavy atom. The van der Waals surface area contributed by atoms with Crippen LogP contribution in [0.4, 0.5) is 0 Å². The van der Waals surface area contributed by atoms with Crippen molar-refractivity contribution < 1.29 is 9.59 Å². The van der Waals surface area contributed by atoms with E-state index < -0.39 is 6.04 Å². The van der Waals surface area contributed by atoms with E-state index in [1.54, 1.807) is 4.90 Å². The van der Waals surface area contributed by atoms with Crippen LogP contribution in [-0.2, 0) is 22.6 Å². The average Bonchev–Trinajstić information content (AvgIpc) is 2.70. The summed E-state index contributed by atoms with van der Waals surface area (Å²) in [5, 5.41) is 3.06. The lowest BCUT2D eigenvalue weighted by atomic mass is 10.0. The largest absolute Gasteiger partial charge is 0.352 e. The van der Waals surface area contributed by atoms with Crippen molar-refractivity contribution >= 4 is 11.8 Å². The number of carbonyl (C=O) groups excluding carboxylic acids is 2. The monoisotopic (exact) mass is 408 g/mol. The van der Waals surface area contributed by atoms with Crippen LogP contribution in [0.1, 0.15) is 61.4 Å². The highest BCUT2D eigenvalue weighted by Crippen LogP contribution is 2.18. The third-order valence-electron chi connectivity index (χ3n) is 5.67. The second-order valence-electron chi connectivity index (χ2n) is 8.36. The standard InChI is InChI=1S/C26H36N2O2/c1-7-21(6)27-26(30)24(8-2)28(17-22-11-9-10-18(3)14-22)25(29)16-23-15-19(4)12-13-20(23)5/h9-15,21,24H,7-8,16-17H2,1-6H3,(H,27,30)/t21-,24-/m0/s1. The summed E-state index contributed by atoms with van der Waals surface area (Å²) in [6.45, 7) is 12.5. The third kappa shape index (κ3) is 6.45. The predicted molar refractivity (Wildman–Crippen MR) is 123 cm³/mol. The van der Waals surface area contributed by atoms with Crippen molar-refractivity contribution in [1.82, 2.24) is 10.2 Å². The number of nitrogens with one attached hydrogen (secondary N) is 1. The Morgan fingerprint density at radius 2 is 1.67 bits per heavy atom. The summed E-state index contributed by atoms with van der Waals surface area (Å²) < 4.78 is 0. The van der Waals surface area contributed by atoms with E-state index in [4.69, 9.17) is 0 Å². The molecule has 30 heavy (non-hydrogen) atoms. The first kappa shape index (κ1) is 23.7. The zero-order chi connectivity index (χ0) is 22.3. The Bertz CT molecular complexity index is 875. The highest BCUT2D eigenvalue weighted by Gasteiger charge is 2.29. The van der Waals surface area contributed by atoms with Crippen LogP contribution < -0.4 is 5.32 Å². The number of carbonyl (C=O) groups is 2. The summed E-state index contributed by atoms with van der Waals surface area (Å²) in [5.74, 6) is -0.0924. The molecule has 0 bridgehead atoms. The first-order valence-corrected chi connectivity index (χ1v) is 11.0. The number of aryl methyl sites for hydroxylation is 3. The van der Waals surface area contributed by atoms with Gasteiger partial charge in [0.05, 0.1) is 6.42 Å². The van der Waals surface area contributed by atoms with E-state index in [1.165, 1.54) is 0 Å². The minimum atomic E-state index is -0.489. The third-order valence-corrected chi connectivity index (χ3v) is 5.67. The molecule has 1 N–H and O–H groups in total. The second-order valence-corrected chi connectivity index (χ2v) is 8.36. The Kier molecular flexibility index (Phi) is 8.64. The van der Waals surface area contributed by atoms with Crippen LogP contribution in [0.15, 0.2) is 42.5 Å². The molecular formula is C26H36N2O2. The molecule has 0 unspecified atom stereocenters. The smallest absolute Gasteiger partial charge is 0.243 e. The summed E-state index contributed by atoms with van der Waals surface area (Å²) >= 11 is 0. The van der Waals surface area contributed by atoms with Crippen molar-refractivity contribution in [3.8, 4) is 0 Å². The molecule has 2 aromatic carbocycles. The van der Waals surface area contributed by atoms with Gasteiger partial charge in [-0.1, -0.05) is 67.4 Å². The molecule has 0 aliphatic carbocycles.